The molecule has 21 heavy (non-hydrogen) atoms. The fourth-order valence-corrected chi connectivity index (χ4v) is 1.78. The lowest BCUT2D eigenvalue weighted by molar-refractivity contribution is -0.118. The molecule has 1 heterocycles. The van der Waals surface area contributed by atoms with Crippen LogP contribution in [0.4, 0.5) is 5.69 Å². The average molecular weight is 286 g/mol. The maximum atomic E-state index is 11.8. The summed E-state index contributed by atoms with van der Waals surface area (Å²) in [5.41, 5.74) is 2.69. The fourth-order valence-electron chi connectivity index (χ4n) is 1.78. The summed E-state index contributed by atoms with van der Waals surface area (Å²) in [6.07, 6.45) is 1.54. The first-order chi connectivity index (χ1) is 10.1. The van der Waals surface area contributed by atoms with Gasteiger partial charge in [-0.15, -0.1) is 0 Å². The zero-order chi connectivity index (χ0) is 15.2. The summed E-state index contributed by atoms with van der Waals surface area (Å²) in [5.74, 6) is 0.987. The number of nitrogens with one attached hydrogen (secondary N) is 1. The summed E-state index contributed by atoms with van der Waals surface area (Å²) in [6, 6.07) is 9.29. The predicted molar refractivity (Wildman–Crippen MR) is 80.8 cm³/mol. The normalized spacial score (nSPS) is 10.0. The van der Waals surface area contributed by atoms with E-state index in [-0.39, 0.29) is 12.5 Å². The molecule has 0 unspecified atom stereocenters. The van der Waals surface area contributed by atoms with E-state index in [4.69, 9.17) is 9.47 Å². The van der Waals surface area contributed by atoms with Gasteiger partial charge in [-0.3, -0.25) is 4.79 Å². The number of rotatable bonds is 5. The molecule has 5 nitrogen and oxygen atoms in total. The van der Waals surface area contributed by atoms with Crippen LogP contribution in [0, 0.1) is 13.8 Å². The molecular formula is C16H18N2O3. The Morgan fingerprint density at radius 3 is 2.71 bits per heavy atom. The van der Waals surface area contributed by atoms with Crippen molar-refractivity contribution in [2.75, 3.05) is 19.0 Å². The molecule has 0 spiro atoms. The summed E-state index contributed by atoms with van der Waals surface area (Å²) >= 11 is 0. The van der Waals surface area contributed by atoms with Crippen LogP contribution in [0.3, 0.4) is 0 Å². The average Bonchev–Trinajstić information content (AvgIpc) is 2.49. The van der Waals surface area contributed by atoms with Crippen molar-refractivity contribution < 1.29 is 14.3 Å². The smallest absolute Gasteiger partial charge is 0.262 e. The van der Waals surface area contributed by atoms with E-state index >= 15 is 0 Å². The number of benzene rings is 1. The molecule has 0 saturated carbocycles. The summed E-state index contributed by atoms with van der Waals surface area (Å²) < 4.78 is 10.5. The molecule has 0 bridgehead atoms. The first-order valence-electron chi connectivity index (χ1n) is 6.58. The number of aromatic nitrogens is 1. The van der Waals surface area contributed by atoms with Crippen LogP contribution in [-0.2, 0) is 4.79 Å². The van der Waals surface area contributed by atoms with Crippen molar-refractivity contribution in [1.82, 2.24) is 4.98 Å². The van der Waals surface area contributed by atoms with E-state index in [1.165, 1.54) is 6.20 Å². The van der Waals surface area contributed by atoms with Crippen LogP contribution in [0.5, 0.6) is 11.6 Å². The van der Waals surface area contributed by atoms with Gasteiger partial charge in [0.25, 0.3) is 5.91 Å². The van der Waals surface area contributed by atoms with Gasteiger partial charge in [-0.25, -0.2) is 4.98 Å². The van der Waals surface area contributed by atoms with E-state index in [1.54, 1.807) is 19.2 Å². The highest BCUT2D eigenvalue weighted by molar-refractivity contribution is 5.91. The van der Waals surface area contributed by atoms with Crippen molar-refractivity contribution in [3.8, 4) is 11.6 Å². The molecule has 2 rings (SSSR count). The summed E-state index contributed by atoms with van der Waals surface area (Å²) in [5, 5.41) is 2.72. The van der Waals surface area contributed by atoms with E-state index in [0.29, 0.717) is 11.6 Å². The summed E-state index contributed by atoms with van der Waals surface area (Å²) in [4.78, 5) is 15.9. The molecule has 0 saturated heterocycles. The monoisotopic (exact) mass is 286 g/mol. The molecule has 0 aliphatic heterocycles. The minimum absolute atomic E-state index is 0.0453. The third-order valence-electron chi connectivity index (χ3n) is 2.93. The topological polar surface area (TPSA) is 60.5 Å². The van der Waals surface area contributed by atoms with Crippen molar-refractivity contribution >= 4 is 11.6 Å². The van der Waals surface area contributed by atoms with Crippen LogP contribution in [0.2, 0.25) is 0 Å². The number of ether oxygens (including phenoxy) is 2. The van der Waals surface area contributed by atoms with Gasteiger partial charge >= 0.3 is 0 Å². The van der Waals surface area contributed by atoms with E-state index < -0.39 is 0 Å². The Labute approximate surface area is 123 Å². The van der Waals surface area contributed by atoms with E-state index in [1.807, 2.05) is 32.0 Å². The quantitative estimate of drug-likeness (QED) is 0.918. The number of carbonyl (C=O) groups excluding carboxylic acids is 1. The van der Waals surface area contributed by atoms with Crippen molar-refractivity contribution in [3.63, 3.8) is 0 Å². The van der Waals surface area contributed by atoms with Crippen molar-refractivity contribution in [3.05, 3.63) is 47.7 Å². The highest BCUT2D eigenvalue weighted by atomic mass is 16.5. The molecule has 110 valence electrons. The van der Waals surface area contributed by atoms with Crippen LogP contribution < -0.4 is 14.8 Å². The van der Waals surface area contributed by atoms with Crippen LogP contribution in [-0.4, -0.2) is 24.6 Å². The van der Waals surface area contributed by atoms with Crippen LogP contribution in [0.15, 0.2) is 36.5 Å². The summed E-state index contributed by atoms with van der Waals surface area (Å²) in [6.45, 7) is 3.88. The number of nitrogens with zero attached hydrogens (tertiary/aromatic N) is 1. The molecule has 1 aromatic carbocycles. The Morgan fingerprint density at radius 2 is 2.05 bits per heavy atom. The molecule has 2 aromatic rings. The molecule has 0 aliphatic rings. The number of anilines is 1. The number of pyridine rings is 1. The van der Waals surface area contributed by atoms with Crippen molar-refractivity contribution in [2.45, 2.75) is 13.8 Å². The van der Waals surface area contributed by atoms with Crippen LogP contribution >= 0.6 is 0 Å². The van der Waals surface area contributed by atoms with Gasteiger partial charge in [0, 0.05) is 6.07 Å². The van der Waals surface area contributed by atoms with Crippen LogP contribution in [0.1, 0.15) is 11.1 Å². The lowest BCUT2D eigenvalue weighted by atomic mass is 10.1. The Balaban J connectivity index is 1.91. The van der Waals surface area contributed by atoms with Crippen molar-refractivity contribution in [2.24, 2.45) is 0 Å². The van der Waals surface area contributed by atoms with Gasteiger partial charge in [0.05, 0.1) is 19.0 Å². The summed E-state index contributed by atoms with van der Waals surface area (Å²) in [7, 11) is 1.54. The van der Waals surface area contributed by atoms with E-state index in [9.17, 15) is 4.79 Å². The van der Waals surface area contributed by atoms with E-state index in [0.717, 1.165) is 16.9 Å². The van der Waals surface area contributed by atoms with Gasteiger partial charge < -0.3 is 14.8 Å². The minimum Gasteiger partial charge on any atom is -0.483 e. The molecule has 0 radical (unpaired) electrons. The number of methoxy groups -OCH3 is 1. The molecular weight excluding hydrogens is 268 g/mol. The standard InChI is InChI=1S/C16H18N2O3/c1-11-4-5-12(2)14(8-11)21-10-15(19)18-13-6-7-16(20-3)17-9-13/h4-9H,10H2,1-3H3,(H,18,19). The minimum atomic E-state index is -0.233. The van der Waals surface area contributed by atoms with Gasteiger partial charge in [0.15, 0.2) is 6.61 Å². The van der Waals surface area contributed by atoms with Gasteiger partial charge in [-0.2, -0.15) is 0 Å². The SMILES string of the molecule is COc1ccc(NC(=O)COc2cc(C)ccc2C)cn1. The second kappa shape index (κ2) is 6.74. The Bertz CT molecular complexity index is 624. The Hall–Kier alpha value is -2.56. The highest BCUT2D eigenvalue weighted by Crippen LogP contribution is 2.19. The van der Waals surface area contributed by atoms with Gasteiger partial charge in [-0.05, 0) is 37.1 Å². The van der Waals surface area contributed by atoms with Gasteiger partial charge in [0.1, 0.15) is 5.75 Å². The maximum Gasteiger partial charge on any atom is 0.262 e. The molecule has 1 N–H and O–H groups in total. The second-order valence-corrected chi connectivity index (χ2v) is 4.70. The van der Waals surface area contributed by atoms with Gasteiger partial charge in [0.2, 0.25) is 5.88 Å². The number of carbonyl (C=O) groups is 1. The molecule has 1 aromatic heterocycles. The fraction of sp³-hybridized carbons (Fsp3) is 0.250. The molecule has 0 atom stereocenters. The number of hydrogen-bond donors (Lipinski definition) is 1. The Kier molecular flexibility index (Phi) is 4.77. The first-order valence-corrected chi connectivity index (χ1v) is 6.58. The largest absolute Gasteiger partial charge is 0.483 e. The third-order valence-corrected chi connectivity index (χ3v) is 2.93. The first kappa shape index (κ1) is 14.8. The number of amides is 1. The van der Waals surface area contributed by atoms with Crippen LogP contribution in [0.25, 0.3) is 0 Å². The molecule has 5 heteroatoms. The molecule has 0 fully saturated rings. The second-order valence-electron chi connectivity index (χ2n) is 4.70. The zero-order valence-corrected chi connectivity index (χ0v) is 12.3. The highest BCUT2D eigenvalue weighted by Gasteiger charge is 2.06. The Morgan fingerprint density at radius 1 is 1.24 bits per heavy atom. The molecule has 0 aliphatic carbocycles. The lowest BCUT2D eigenvalue weighted by Gasteiger charge is -2.10. The number of aryl methyl sites for hydroxylation is 2. The van der Waals surface area contributed by atoms with Gasteiger partial charge in [-0.1, -0.05) is 12.1 Å². The van der Waals surface area contributed by atoms with Crippen molar-refractivity contribution in [1.29, 1.82) is 0 Å². The lowest BCUT2D eigenvalue weighted by Crippen LogP contribution is -2.20. The predicted octanol–water partition coefficient (Wildman–Crippen LogP) is 2.72. The zero-order valence-electron chi connectivity index (χ0n) is 12.3. The van der Waals surface area contributed by atoms with E-state index in [2.05, 4.69) is 10.3 Å². The third kappa shape index (κ3) is 4.21. The maximum absolute atomic E-state index is 11.8. The number of hydrogen-bond acceptors (Lipinski definition) is 4. The molecule has 1 amide bonds.